The molecule has 1 aliphatic rings. The molecule has 0 saturated carbocycles. The predicted octanol–water partition coefficient (Wildman–Crippen LogP) is 3.40. The number of piperidine rings is 1. The van der Waals surface area contributed by atoms with Crippen molar-refractivity contribution in [3.05, 3.63) is 27.6 Å². The number of hydrogen-bond donors (Lipinski definition) is 1. The fourth-order valence-corrected chi connectivity index (χ4v) is 3.51. The molecule has 1 saturated heterocycles. The number of benzene rings is 1. The molecule has 1 aromatic carbocycles. The smallest absolute Gasteiger partial charge is 0.124 e. The highest BCUT2D eigenvalue weighted by molar-refractivity contribution is 14.1. The lowest BCUT2D eigenvalue weighted by atomic mass is 9.97. The Labute approximate surface area is 122 Å². The van der Waals surface area contributed by atoms with E-state index in [0.717, 1.165) is 29.5 Å². The van der Waals surface area contributed by atoms with Gasteiger partial charge in [-0.05, 0) is 67.1 Å². The standard InChI is InChI=1S/C14H20FIN2/c1-3-17-12-6-7-18(10(2)8-12)14-5-4-11(15)9-13(14)16/h4-5,9-10,12,17H,3,6-8H2,1-2H3. The van der Waals surface area contributed by atoms with Crippen molar-refractivity contribution in [3.63, 3.8) is 0 Å². The molecule has 0 amide bonds. The Bertz CT molecular complexity index is 411. The molecular formula is C14H20FIN2. The average molecular weight is 362 g/mol. The molecule has 1 N–H and O–H groups in total. The van der Waals surface area contributed by atoms with Crippen LogP contribution in [-0.4, -0.2) is 25.2 Å². The van der Waals surface area contributed by atoms with Gasteiger partial charge in [0.2, 0.25) is 0 Å². The van der Waals surface area contributed by atoms with Crippen molar-refractivity contribution in [2.75, 3.05) is 18.0 Å². The average Bonchev–Trinajstić information content (AvgIpc) is 2.31. The normalized spacial score (nSPS) is 24.3. The number of nitrogens with one attached hydrogen (secondary N) is 1. The molecule has 0 bridgehead atoms. The summed E-state index contributed by atoms with van der Waals surface area (Å²) in [7, 11) is 0. The molecule has 4 heteroatoms. The molecule has 18 heavy (non-hydrogen) atoms. The predicted molar refractivity (Wildman–Crippen MR) is 82.6 cm³/mol. The number of halogens is 2. The first-order valence-corrected chi connectivity index (χ1v) is 7.64. The second-order valence-electron chi connectivity index (χ2n) is 4.92. The maximum atomic E-state index is 13.1. The molecule has 1 aliphatic heterocycles. The molecule has 0 spiro atoms. The van der Waals surface area contributed by atoms with Gasteiger partial charge in [-0.1, -0.05) is 6.92 Å². The topological polar surface area (TPSA) is 15.3 Å². The van der Waals surface area contributed by atoms with Crippen LogP contribution in [0.2, 0.25) is 0 Å². The van der Waals surface area contributed by atoms with E-state index in [1.54, 1.807) is 12.1 Å². The molecule has 100 valence electrons. The van der Waals surface area contributed by atoms with E-state index in [2.05, 4.69) is 46.7 Å². The summed E-state index contributed by atoms with van der Waals surface area (Å²) in [6.07, 6.45) is 2.31. The minimum atomic E-state index is -0.154. The SMILES string of the molecule is CCNC1CCN(c2ccc(F)cc2I)C(C)C1. The summed E-state index contributed by atoms with van der Waals surface area (Å²) in [6, 6.07) is 6.20. The van der Waals surface area contributed by atoms with E-state index >= 15 is 0 Å². The van der Waals surface area contributed by atoms with Gasteiger partial charge in [-0.25, -0.2) is 4.39 Å². The third-order valence-electron chi connectivity index (χ3n) is 3.59. The minimum absolute atomic E-state index is 0.154. The first-order chi connectivity index (χ1) is 8.61. The van der Waals surface area contributed by atoms with E-state index in [0.29, 0.717) is 12.1 Å². The molecule has 0 aromatic heterocycles. The first kappa shape index (κ1) is 14.1. The quantitative estimate of drug-likeness (QED) is 0.830. The van der Waals surface area contributed by atoms with Crippen molar-refractivity contribution in [1.82, 2.24) is 5.32 Å². The van der Waals surface area contributed by atoms with E-state index in [-0.39, 0.29) is 5.82 Å². The summed E-state index contributed by atoms with van der Waals surface area (Å²) in [6.45, 7) is 6.48. The Morgan fingerprint density at radius 3 is 2.89 bits per heavy atom. The van der Waals surface area contributed by atoms with E-state index in [1.165, 1.54) is 5.69 Å². The van der Waals surface area contributed by atoms with Crippen LogP contribution in [0.1, 0.15) is 26.7 Å². The summed E-state index contributed by atoms with van der Waals surface area (Å²) in [4.78, 5) is 2.40. The summed E-state index contributed by atoms with van der Waals surface area (Å²) in [5, 5.41) is 3.52. The Morgan fingerprint density at radius 2 is 2.28 bits per heavy atom. The lowest BCUT2D eigenvalue weighted by Crippen LogP contribution is -2.47. The van der Waals surface area contributed by atoms with Crippen LogP contribution >= 0.6 is 22.6 Å². The van der Waals surface area contributed by atoms with Gasteiger partial charge in [-0.2, -0.15) is 0 Å². The van der Waals surface area contributed by atoms with Gasteiger partial charge in [0.05, 0.1) is 5.69 Å². The van der Waals surface area contributed by atoms with Crippen LogP contribution in [0, 0.1) is 9.39 Å². The van der Waals surface area contributed by atoms with Crippen molar-refractivity contribution in [2.24, 2.45) is 0 Å². The highest BCUT2D eigenvalue weighted by Crippen LogP contribution is 2.29. The number of rotatable bonds is 3. The third kappa shape index (κ3) is 3.15. The second kappa shape index (κ2) is 6.19. The van der Waals surface area contributed by atoms with Gasteiger partial charge in [-0.15, -0.1) is 0 Å². The molecule has 2 nitrogen and oxygen atoms in total. The Morgan fingerprint density at radius 1 is 1.50 bits per heavy atom. The van der Waals surface area contributed by atoms with E-state index in [9.17, 15) is 4.39 Å². The molecule has 2 atom stereocenters. The van der Waals surface area contributed by atoms with Gasteiger partial charge in [0, 0.05) is 22.2 Å². The maximum Gasteiger partial charge on any atom is 0.124 e. The van der Waals surface area contributed by atoms with Crippen LogP contribution in [0.4, 0.5) is 10.1 Å². The van der Waals surface area contributed by atoms with Crippen LogP contribution in [-0.2, 0) is 0 Å². The van der Waals surface area contributed by atoms with Crippen LogP contribution in [0.15, 0.2) is 18.2 Å². The van der Waals surface area contributed by atoms with Crippen molar-refractivity contribution < 1.29 is 4.39 Å². The highest BCUT2D eigenvalue weighted by atomic mass is 127. The van der Waals surface area contributed by atoms with Gasteiger partial charge in [-0.3, -0.25) is 0 Å². The van der Waals surface area contributed by atoms with Gasteiger partial charge >= 0.3 is 0 Å². The van der Waals surface area contributed by atoms with Crippen molar-refractivity contribution in [1.29, 1.82) is 0 Å². The largest absolute Gasteiger partial charge is 0.368 e. The van der Waals surface area contributed by atoms with E-state index in [4.69, 9.17) is 0 Å². The van der Waals surface area contributed by atoms with Gasteiger partial charge < -0.3 is 10.2 Å². The molecule has 1 aromatic rings. The summed E-state index contributed by atoms with van der Waals surface area (Å²) in [5.41, 5.74) is 1.17. The lowest BCUT2D eigenvalue weighted by molar-refractivity contribution is 0.373. The molecule has 1 heterocycles. The molecule has 0 radical (unpaired) electrons. The number of nitrogens with zero attached hydrogens (tertiary/aromatic N) is 1. The zero-order chi connectivity index (χ0) is 13.1. The van der Waals surface area contributed by atoms with Gasteiger partial charge in [0.25, 0.3) is 0 Å². The molecule has 2 unspecified atom stereocenters. The molecule has 1 fully saturated rings. The summed E-state index contributed by atoms with van der Waals surface area (Å²) >= 11 is 2.22. The van der Waals surface area contributed by atoms with Crippen molar-refractivity contribution in [2.45, 2.75) is 38.8 Å². The summed E-state index contributed by atoms with van der Waals surface area (Å²) in [5.74, 6) is -0.154. The van der Waals surface area contributed by atoms with Crippen molar-refractivity contribution in [3.8, 4) is 0 Å². The monoisotopic (exact) mass is 362 g/mol. The zero-order valence-electron chi connectivity index (χ0n) is 10.9. The molecular weight excluding hydrogens is 342 g/mol. The maximum absolute atomic E-state index is 13.1. The van der Waals surface area contributed by atoms with Crippen LogP contribution in [0.3, 0.4) is 0 Å². The number of hydrogen-bond acceptors (Lipinski definition) is 2. The Hall–Kier alpha value is -0.360. The lowest BCUT2D eigenvalue weighted by Gasteiger charge is -2.40. The second-order valence-corrected chi connectivity index (χ2v) is 6.08. The third-order valence-corrected chi connectivity index (χ3v) is 4.45. The van der Waals surface area contributed by atoms with Crippen LogP contribution in [0.25, 0.3) is 0 Å². The Balaban J connectivity index is 2.10. The Kier molecular flexibility index (Phi) is 4.84. The van der Waals surface area contributed by atoms with Gasteiger partial charge in [0.1, 0.15) is 5.82 Å². The van der Waals surface area contributed by atoms with Crippen LogP contribution in [0.5, 0.6) is 0 Å². The van der Waals surface area contributed by atoms with Crippen LogP contribution < -0.4 is 10.2 Å². The fraction of sp³-hybridized carbons (Fsp3) is 0.571. The highest BCUT2D eigenvalue weighted by Gasteiger charge is 2.26. The molecule has 0 aliphatic carbocycles. The number of anilines is 1. The zero-order valence-corrected chi connectivity index (χ0v) is 13.1. The fourth-order valence-electron chi connectivity index (χ4n) is 2.72. The van der Waals surface area contributed by atoms with Crippen molar-refractivity contribution >= 4 is 28.3 Å². The summed E-state index contributed by atoms with van der Waals surface area (Å²) < 4.78 is 14.1. The minimum Gasteiger partial charge on any atom is -0.368 e. The van der Waals surface area contributed by atoms with Gasteiger partial charge in [0.15, 0.2) is 0 Å². The van der Waals surface area contributed by atoms with E-state index in [1.807, 2.05) is 6.07 Å². The van der Waals surface area contributed by atoms with E-state index < -0.39 is 0 Å². The first-order valence-electron chi connectivity index (χ1n) is 6.57. The molecule has 2 rings (SSSR count).